The zero-order valence-electron chi connectivity index (χ0n) is 15.5. The molecule has 140 valence electrons. The highest BCUT2D eigenvalue weighted by Gasteiger charge is 2.12. The Morgan fingerprint density at radius 1 is 0.964 bits per heavy atom. The normalized spacial score (nSPS) is 12.1. The first-order chi connectivity index (χ1) is 13.7. The molecule has 3 heterocycles. The Morgan fingerprint density at radius 2 is 1.79 bits per heavy atom. The Bertz CT molecular complexity index is 1030. The van der Waals surface area contributed by atoms with Crippen LogP contribution in [0.5, 0.6) is 0 Å². The standard InChI is InChI=1S/C22H20FN5/c1-15(16-2-4-18(23)5-3-16)10-19-11-17(22-6-7-26-28-22)12-20(27-19)13-21-14-24-8-9-25-21/h2-9,11-12,14-15H,10,13H2,1H3,(H,26,28)/t15-/m1/s1. The molecule has 0 spiro atoms. The minimum Gasteiger partial charge on any atom is -0.278 e. The van der Waals surface area contributed by atoms with Crippen molar-refractivity contribution in [2.45, 2.75) is 25.7 Å². The van der Waals surface area contributed by atoms with Gasteiger partial charge in [-0.05, 0) is 48.2 Å². The molecule has 4 rings (SSSR count). The van der Waals surface area contributed by atoms with E-state index in [2.05, 4.69) is 33.2 Å². The van der Waals surface area contributed by atoms with Crippen LogP contribution in [-0.2, 0) is 12.8 Å². The van der Waals surface area contributed by atoms with Crippen molar-refractivity contribution in [3.8, 4) is 11.3 Å². The third-order valence-corrected chi connectivity index (χ3v) is 4.68. The molecular formula is C22H20FN5. The maximum absolute atomic E-state index is 13.2. The van der Waals surface area contributed by atoms with Crippen LogP contribution in [0.25, 0.3) is 11.3 Å². The largest absolute Gasteiger partial charge is 0.278 e. The molecule has 0 radical (unpaired) electrons. The summed E-state index contributed by atoms with van der Waals surface area (Å²) in [7, 11) is 0. The van der Waals surface area contributed by atoms with Gasteiger partial charge in [0.25, 0.3) is 0 Å². The SMILES string of the molecule is C[C@H](Cc1cc(-c2ccn[nH]2)cc(Cc2cnccn2)n1)c1ccc(F)cc1. The molecule has 0 aliphatic rings. The van der Waals surface area contributed by atoms with Crippen LogP contribution in [0, 0.1) is 5.82 Å². The lowest BCUT2D eigenvalue weighted by molar-refractivity contribution is 0.625. The first-order valence-corrected chi connectivity index (χ1v) is 9.17. The highest BCUT2D eigenvalue weighted by Crippen LogP contribution is 2.24. The van der Waals surface area contributed by atoms with Crippen LogP contribution < -0.4 is 0 Å². The van der Waals surface area contributed by atoms with Crippen LogP contribution in [0.2, 0.25) is 0 Å². The third kappa shape index (κ3) is 4.28. The lowest BCUT2D eigenvalue weighted by atomic mass is 9.95. The Labute approximate surface area is 162 Å². The van der Waals surface area contributed by atoms with Crippen molar-refractivity contribution in [2.24, 2.45) is 0 Å². The second kappa shape index (κ2) is 8.08. The smallest absolute Gasteiger partial charge is 0.123 e. The summed E-state index contributed by atoms with van der Waals surface area (Å²) < 4.78 is 13.2. The maximum Gasteiger partial charge on any atom is 0.123 e. The predicted octanol–water partition coefficient (Wildman–Crippen LogP) is 4.34. The second-order valence-electron chi connectivity index (χ2n) is 6.84. The molecule has 0 amide bonds. The molecule has 4 aromatic rings. The Hall–Kier alpha value is -3.41. The number of aromatic nitrogens is 5. The van der Waals surface area contributed by atoms with E-state index in [0.29, 0.717) is 6.42 Å². The zero-order chi connectivity index (χ0) is 19.3. The van der Waals surface area contributed by atoms with E-state index in [1.54, 1.807) is 24.8 Å². The minimum atomic E-state index is -0.221. The van der Waals surface area contributed by atoms with Crippen molar-refractivity contribution >= 4 is 0 Å². The van der Waals surface area contributed by atoms with Gasteiger partial charge in [-0.1, -0.05) is 19.1 Å². The molecular weight excluding hydrogens is 353 g/mol. The van der Waals surface area contributed by atoms with Crippen molar-refractivity contribution in [2.75, 3.05) is 0 Å². The average molecular weight is 373 g/mol. The minimum absolute atomic E-state index is 0.217. The summed E-state index contributed by atoms with van der Waals surface area (Å²) in [5.74, 6) is -0.00365. The fourth-order valence-corrected chi connectivity index (χ4v) is 3.25. The molecule has 1 N–H and O–H groups in total. The Balaban J connectivity index is 1.64. The van der Waals surface area contributed by atoms with E-state index < -0.39 is 0 Å². The lowest BCUT2D eigenvalue weighted by Gasteiger charge is -2.14. The number of hydrogen-bond acceptors (Lipinski definition) is 4. The monoisotopic (exact) mass is 373 g/mol. The number of aromatic amines is 1. The lowest BCUT2D eigenvalue weighted by Crippen LogP contribution is -2.04. The van der Waals surface area contributed by atoms with Crippen molar-refractivity contribution < 1.29 is 4.39 Å². The van der Waals surface area contributed by atoms with Gasteiger partial charge in [0.1, 0.15) is 5.82 Å². The van der Waals surface area contributed by atoms with E-state index in [1.165, 1.54) is 12.1 Å². The van der Waals surface area contributed by atoms with Crippen LogP contribution in [0.3, 0.4) is 0 Å². The topological polar surface area (TPSA) is 67.3 Å². The van der Waals surface area contributed by atoms with Crippen molar-refractivity contribution in [1.82, 2.24) is 25.1 Å². The summed E-state index contributed by atoms with van der Waals surface area (Å²) in [6.07, 6.45) is 8.19. The van der Waals surface area contributed by atoms with Gasteiger partial charge in [0, 0.05) is 48.2 Å². The van der Waals surface area contributed by atoms with Crippen LogP contribution in [0.1, 0.15) is 35.5 Å². The van der Waals surface area contributed by atoms with Gasteiger partial charge in [0.15, 0.2) is 0 Å². The molecule has 3 aromatic heterocycles. The Kier molecular flexibility index (Phi) is 5.19. The summed E-state index contributed by atoms with van der Waals surface area (Å²) in [6.45, 7) is 2.13. The van der Waals surface area contributed by atoms with E-state index in [9.17, 15) is 4.39 Å². The quantitative estimate of drug-likeness (QED) is 0.546. The molecule has 5 nitrogen and oxygen atoms in total. The van der Waals surface area contributed by atoms with Gasteiger partial charge in [0.2, 0.25) is 0 Å². The highest BCUT2D eigenvalue weighted by atomic mass is 19.1. The molecule has 0 aliphatic heterocycles. The molecule has 1 aromatic carbocycles. The fraction of sp³-hybridized carbons (Fsp3) is 0.182. The summed E-state index contributed by atoms with van der Waals surface area (Å²) in [6, 6.07) is 12.7. The molecule has 28 heavy (non-hydrogen) atoms. The number of hydrogen-bond donors (Lipinski definition) is 1. The van der Waals surface area contributed by atoms with Crippen LogP contribution in [0.15, 0.2) is 67.3 Å². The van der Waals surface area contributed by atoms with Crippen LogP contribution in [0.4, 0.5) is 4.39 Å². The number of nitrogens with one attached hydrogen (secondary N) is 1. The predicted molar refractivity (Wildman–Crippen MR) is 105 cm³/mol. The summed E-state index contributed by atoms with van der Waals surface area (Å²) in [5, 5.41) is 7.07. The van der Waals surface area contributed by atoms with Gasteiger partial charge < -0.3 is 0 Å². The van der Waals surface area contributed by atoms with Crippen molar-refractivity contribution in [1.29, 1.82) is 0 Å². The van der Waals surface area contributed by atoms with Crippen molar-refractivity contribution in [3.63, 3.8) is 0 Å². The van der Waals surface area contributed by atoms with E-state index in [4.69, 9.17) is 4.98 Å². The molecule has 0 aliphatic carbocycles. The summed E-state index contributed by atoms with van der Waals surface area (Å²) in [4.78, 5) is 13.3. The van der Waals surface area contributed by atoms with Crippen LogP contribution in [-0.4, -0.2) is 25.1 Å². The van der Waals surface area contributed by atoms with Gasteiger partial charge >= 0.3 is 0 Å². The third-order valence-electron chi connectivity index (χ3n) is 4.68. The first-order valence-electron chi connectivity index (χ1n) is 9.17. The first kappa shape index (κ1) is 18.0. The molecule has 0 fully saturated rings. The van der Waals surface area contributed by atoms with Crippen molar-refractivity contribution in [3.05, 3.63) is 95.7 Å². The van der Waals surface area contributed by atoms with Gasteiger partial charge in [0.05, 0.1) is 11.4 Å². The maximum atomic E-state index is 13.2. The van der Waals surface area contributed by atoms with E-state index in [1.807, 2.05) is 24.3 Å². The average Bonchev–Trinajstić information content (AvgIpc) is 3.24. The molecule has 0 unspecified atom stereocenters. The summed E-state index contributed by atoms with van der Waals surface area (Å²) >= 11 is 0. The molecule has 0 bridgehead atoms. The van der Waals surface area contributed by atoms with E-state index in [0.717, 1.165) is 40.3 Å². The molecule has 6 heteroatoms. The number of pyridine rings is 1. The summed E-state index contributed by atoms with van der Waals surface area (Å²) in [5.41, 5.74) is 5.84. The molecule has 1 atom stereocenters. The second-order valence-corrected chi connectivity index (χ2v) is 6.84. The van der Waals surface area contributed by atoms with Gasteiger partial charge in [-0.25, -0.2) is 4.39 Å². The van der Waals surface area contributed by atoms with Gasteiger partial charge in [-0.15, -0.1) is 0 Å². The number of benzene rings is 1. The highest BCUT2D eigenvalue weighted by molar-refractivity contribution is 5.59. The zero-order valence-corrected chi connectivity index (χ0v) is 15.5. The number of nitrogens with zero attached hydrogens (tertiary/aromatic N) is 4. The number of H-pyrrole nitrogens is 1. The van der Waals surface area contributed by atoms with Crippen LogP contribution >= 0.6 is 0 Å². The molecule has 0 saturated heterocycles. The van der Waals surface area contributed by atoms with Gasteiger partial charge in [-0.3, -0.25) is 20.1 Å². The van der Waals surface area contributed by atoms with Gasteiger partial charge in [-0.2, -0.15) is 5.10 Å². The number of rotatable bonds is 6. The van der Waals surface area contributed by atoms with E-state index >= 15 is 0 Å². The van der Waals surface area contributed by atoms with E-state index in [-0.39, 0.29) is 11.7 Å². The number of halogens is 1. The Morgan fingerprint density at radius 3 is 2.50 bits per heavy atom. The fourth-order valence-electron chi connectivity index (χ4n) is 3.25. The molecule has 0 saturated carbocycles.